The van der Waals surface area contributed by atoms with Gasteiger partial charge in [0.25, 0.3) is 11.2 Å². The molecule has 0 saturated heterocycles. The molecule has 0 aliphatic carbocycles. The minimum absolute atomic E-state index is 0.00539. The quantitative estimate of drug-likeness (QED) is 0.256. The number of aryl methyl sites for hydroxylation is 1. The highest BCUT2D eigenvalue weighted by atomic mass is 32.2. The number of non-ortho nitro benzene ring substituents is 1. The number of hydrogen-bond acceptors (Lipinski definition) is 7. The number of aromatic nitrogens is 2. The van der Waals surface area contributed by atoms with Crippen molar-refractivity contribution in [2.24, 2.45) is 0 Å². The second-order valence-electron chi connectivity index (χ2n) is 6.26. The van der Waals surface area contributed by atoms with Crippen LogP contribution in [0.4, 0.5) is 11.4 Å². The highest BCUT2D eigenvalue weighted by Crippen LogP contribution is 2.23. The Morgan fingerprint density at radius 1 is 1.23 bits per heavy atom. The van der Waals surface area contributed by atoms with Gasteiger partial charge in [-0.25, -0.2) is 4.98 Å². The van der Waals surface area contributed by atoms with Gasteiger partial charge in [0.15, 0.2) is 5.16 Å². The molecule has 1 aromatic heterocycles. The summed E-state index contributed by atoms with van der Waals surface area (Å²) in [6.45, 7) is 1.67. The molecule has 3 rings (SSSR count). The maximum atomic E-state index is 12.3. The van der Waals surface area contributed by atoms with Crippen molar-refractivity contribution >= 4 is 29.0 Å². The van der Waals surface area contributed by atoms with E-state index >= 15 is 0 Å². The molecule has 3 aromatic rings. The van der Waals surface area contributed by atoms with Crippen molar-refractivity contribution in [3.63, 3.8) is 0 Å². The van der Waals surface area contributed by atoms with Gasteiger partial charge in [0.05, 0.1) is 23.5 Å². The number of carbonyl (C=O) groups is 1. The third-order valence-corrected chi connectivity index (χ3v) is 5.01. The first-order chi connectivity index (χ1) is 14.4. The Labute approximate surface area is 175 Å². The highest BCUT2D eigenvalue weighted by Gasteiger charge is 2.12. The second-order valence-corrected chi connectivity index (χ2v) is 7.22. The Bertz CT molecular complexity index is 1140. The van der Waals surface area contributed by atoms with Crippen LogP contribution >= 0.6 is 11.8 Å². The van der Waals surface area contributed by atoms with Crippen molar-refractivity contribution in [3.05, 3.63) is 74.6 Å². The van der Waals surface area contributed by atoms with Crippen LogP contribution in [-0.2, 0) is 4.79 Å². The van der Waals surface area contributed by atoms with E-state index < -0.39 is 4.92 Å². The summed E-state index contributed by atoms with van der Waals surface area (Å²) in [6.07, 6.45) is 0. The number of carbonyl (C=O) groups excluding carboxylic acids is 1. The molecule has 0 aliphatic rings. The number of H-pyrrole nitrogens is 1. The fourth-order valence-corrected chi connectivity index (χ4v) is 3.31. The van der Waals surface area contributed by atoms with Crippen LogP contribution in [0.15, 0.2) is 58.5 Å². The summed E-state index contributed by atoms with van der Waals surface area (Å²) < 4.78 is 5.12. The van der Waals surface area contributed by atoms with Gasteiger partial charge in [0, 0.05) is 29.4 Å². The number of rotatable bonds is 7. The van der Waals surface area contributed by atoms with Crippen LogP contribution in [0.25, 0.3) is 11.3 Å². The maximum absolute atomic E-state index is 12.3. The normalized spacial score (nSPS) is 10.5. The van der Waals surface area contributed by atoms with Gasteiger partial charge >= 0.3 is 0 Å². The molecule has 0 saturated carbocycles. The average molecular weight is 426 g/mol. The third-order valence-electron chi connectivity index (χ3n) is 4.14. The number of anilines is 1. The SMILES string of the molecule is COc1ccc(-c2cc(=O)[nH]c(SCC(=O)Nc3ccc([N+](=O)[O-])cc3C)n2)cc1. The van der Waals surface area contributed by atoms with Crippen molar-refractivity contribution < 1.29 is 14.5 Å². The smallest absolute Gasteiger partial charge is 0.269 e. The number of hydrogen-bond donors (Lipinski definition) is 2. The van der Waals surface area contributed by atoms with Gasteiger partial charge in [0.1, 0.15) is 5.75 Å². The van der Waals surface area contributed by atoms with Crippen LogP contribution in [-0.4, -0.2) is 33.7 Å². The Hall–Kier alpha value is -3.66. The summed E-state index contributed by atoms with van der Waals surface area (Å²) in [5, 5.41) is 13.8. The third kappa shape index (κ3) is 5.23. The van der Waals surface area contributed by atoms with E-state index in [9.17, 15) is 19.7 Å². The number of nitrogens with zero attached hydrogens (tertiary/aromatic N) is 2. The lowest BCUT2D eigenvalue weighted by Crippen LogP contribution is -2.16. The van der Waals surface area contributed by atoms with E-state index in [4.69, 9.17) is 4.74 Å². The Kier molecular flexibility index (Phi) is 6.48. The van der Waals surface area contributed by atoms with E-state index in [0.29, 0.717) is 27.9 Å². The van der Waals surface area contributed by atoms with Crippen molar-refractivity contribution in [2.45, 2.75) is 12.1 Å². The number of ether oxygens (including phenoxy) is 1. The number of thioether (sulfide) groups is 1. The first-order valence-electron chi connectivity index (χ1n) is 8.79. The zero-order valence-electron chi connectivity index (χ0n) is 16.2. The van der Waals surface area contributed by atoms with Gasteiger partial charge in [-0.05, 0) is 42.8 Å². The average Bonchev–Trinajstić information content (AvgIpc) is 2.73. The Morgan fingerprint density at radius 2 is 1.97 bits per heavy atom. The van der Waals surface area contributed by atoms with Crippen LogP contribution in [0.2, 0.25) is 0 Å². The van der Waals surface area contributed by atoms with E-state index in [-0.39, 0.29) is 22.9 Å². The molecule has 30 heavy (non-hydrogen) atoms. The van der Waals surface area contributed by atoms with E-state index in [2.05, 4.69) is 15.3 Å². The van der Waals surface area contributed by atoms with Crippen molar-refractivity contribution in [2.75, 3.05) is 18.2 Å². The van der Waals surface area contributed by atoms with Gasteiger partial charge in [0.2, 0.25) is 5.91 Å². The standard InChI is InChI=1S/C20H18N4O5S/c1-12-9-14(24(27)28)5-8-16(12)21-19(26)11-30-20-22-17(10-18(25)23-20)13-3-6-15(29-2)7-4-13/h3-10H,11H2,1-2H3,(H,21,26)(H,22,23,25). The highest BCUT2D eigenvalue weighted by molar-refractivity contribution is 7.99. The van der Waals surface area contributed by atoms with Crippen LogP contribution in [0.3, 0.4) is 0 Å². The molecule has 9 nitrogen and oxygen atoms in total. The fourth-order valence-electron chi connectivity index (χ4n) is 2.64. The molecular formula is C20H18N4O5S. The van der Waals surface area contributed by atoms with Gasteiger partial charge in [-0.1, -0.05) is 11.8 Å². The van der Waals surface area contributed by atoms with Crippen molar-refractivity contribution in [3.8, 4) is 17.0 Å². The number of amides is 1. The van der Waals surface area contributed by atoms with Crippen LogP contribution < -0.4 is 15.6 Å². The number of nitro benzene ring substituents is 1. The lowest BCUT2D eigenvalue weighted by molar-refractivity contribution is -0.384. The molecule has 0 atom stereocenters. The predicted octanol–water partition coefficient (Wildman–Crippen LogP) is 3.39. The Balaban J connectivity index is 1.68. The predicted molar refractivity (Wildman–Crippen MR) is 114 cm³/mol. The largest absolute Gasteiger partial charge is 0.497 e. The number of nitrogens with one attached hydrogen (secondary N) is 2. The van der Waals surface area contributed by atoms with Gasteiger partial charge in [-0.15, -0.1) is 0 Å². The Morgan fingerprint density at radius 3 is 2.60 bits per heavy atom. The van der Waals surface area contributed by atoms with Gasteiger partial charge in [-0.2, -0.15) is 0 Å². The lowest BCUT2D eigenvalue weighted by atomic mass is 10.1. The summed E-state index contributed by atoms with van der Waals surface area (Å²) in [4.78, 5) is 41.6. The zero-order chi connectivity index (χ0) is 21.7. The number of methoxy groups -OCH3 is 1. The summed E-state index contributed by atoms with van der Waals surface area (Å²) in [5.41, 5.74) is 1.92. The number of aromatic amines is 1. The van der Waals surface area contributed by atoms with Crippen LogP contribution in [0.5, 0.6) is 5.75 Å². The second kappa shape index (κ2) is 9.23. The molecule has 0 spiro atoms. The van der Waals surface area contributed by atoms with E-state index in [1.165, 1.54) is 24.3 Å². The maximum Gasteiger partial charge on any atom is 0.269 e. The van der Waals surface area contributed by atoms with E-state index in [1.807, 2.05) is 0 Å². The summed E-state index contributed by atoms with van der Waals surface area (Å²) in [7, 11) is 1.57. The van der Waals surface area contributed by atoms with Gasteiger partial charge < -0.3 is 15.0 Å². The first kappa shape index (κ1) is 21.1. The molecular weight excluding hydrogens is 408 g/mol. The lowest BCUT2D eigenvalue weighted by Gasteiger charge is -2.08. The topological polar surface area (TPSA) is 127 Å². The van der Waals surface area contributed by atoms with Crippen LogP contribution in [0.1, 0.15) is 5.56 Å². The molecule has 0 bridgehead atoms. The summed E-state index contributed by atoms with van der Waals surface area (Å²) >= 11 is 1.08. The number of nitro groups is 1. The number of benzene rings is 2. The zero-order valence-corrected chi connectivity index (χ0v) is 17.0. The monoisotopic (exact) mass is 426 g/mol. The summed E-state index contributed by atoms with van der Waals surface area (Å²) in [5.74, 6) is 0.372. The molecule has 0 unspecified atom stereocenters. The van der Waals surface area contributed by atoms with Crippen molar-refractivity contribution in [1.82, 2.24) is 9.97 Å². The van der Waals surface area contributed by atoms with E-state index in [1.54, 1.807) is 38.3 Å². The fraction of sp³-hybridized carbons (Fsp3) is 0.150. The molecule has 154 valence electrons. The van der Waals surface area contributed by atoms with E-state index in [0.717, 1.165) is 17.3 Å². The van der Waals surface area contributed by atoms with Gasteiger partial charge in [-0.3, -0.25) is 19.7 Å². The first-order valence-corrected chi connectivity index (χ1v) is 9.78. The summed E-state index contributed by atoms with van der Waals surface area (Å²) in [6, 6.07) is 12.7. The molecule has 2 aromatic carbocycles. The molecule has 0 fully saturated rings. The molecule has 1 heterocycles. The van der Waals surface area contributed by atoms with Crippen molar-refractivity contribution in [1.29, 1.82) is 0 Å². The minimum atomic E-state index is -0.494. The molecule has 1 amide bonds. The minimum Gasteiger partial charge on any atom is -0.497 e. The molecule has 0 radical (unpaired) electrons. The molecule has 0 aliphatic heterocycles. The molecule has 10 heteroatoms. The molecule has 2 N–H and O–H groups in total. The van der Waals surface area contributed by atoms with Crippen LogP contribution in [0, 0.1) is 17.0 Å².